The highest BCUT2D eigenvalue weighted by Gasteiger charge is 2.41. The molecule has 2 atom stereocenters. The van der Waals surface area contributed by atoms with Gasteiger partial charge in [0.2, 0.25) is 0 Å². The van der Waals surface area contributed by atoms with E-state index in [0.29, 0.717) is 5.92 Å². The number of nitrogens with zero attached hydrogens (tertiary/aromatic N) is 3. The lowest BCUT2D eigenvalue weighted by Gasteiger charge is -2.39. The SMILES string of the molecule is CC1CC=CC2=C1n1c3ccc(N4c5ccc(-c6ccccc6)cc5C5=CC(c6ccccc6)=CCC54)cc3c3cc(-n4c5ccc(-c6ccccc6)cc5c5cc(-c6ccccc6)ccc54)cc(c31)C2(C)C. The van der Waals surface area contributed by atoms with Crippen molar-refractivity contribution < 1.29 is 0 Å². The van der Waals surface area contributed by atoms with Gasteiger partial charge < -0.3 is 14.0 Å². The van der Waals surface area contributed by atoms with Gasteiger partial charge in [0, 0.05) is 61.2 Å². The van der Waals surface area contributed by atoms with E-state index in [1.54, 1.807) is 0 Å². The highest BCUT2D eigenvalue weighted by Crippen LogP contribution is 2.55. The molecule has 0 amide bonds. The van der Waals surface area contributed by atoms with E-state index in [1.807, 2.05) is 0 Å². The van der Waals surface area contributed by atoms with Crippen molar-refractivity contribution in [3.63, 3.8) is 0 Å². The fourth-order valence-electron chi connectivity index (χ4n) is 13.2. The van der Waals surface area contributed by atoms with Crippen LogP contribution in [0.4, 0.5) is 11.4 Å². The fraction of sp³-hybridized carbons (Fsp3) is 0.114. The zero-order chi connectivity index (χ0) is 48.5. The first-order chi connectivity index (χ1) is 35.9. The minimum atomic E-state index is -0.239. The zero-order valence-electron chi connectivity index (χ0n) is 41.3. The lowest BCUT2D eigenvalue weighted by atomic mass is 9.70. The van der Waals surface area contributed by atoms with Crippen molar-refractivity contribution in [2.75, 3.05) is 4.90 Å². The number of hydrogen-bond acceptors (Lipinski definition) is 1. The Morgan fingerprint density at radius 2 is 1.00 bits per heavy atom. The molecule has 348 valence electrons. The molecular formula is C70H53N3. The smallest absolute Gasteiger partial charge is 0.0633 e. The maximum atomic E-state index is 2.66. The summed E-state index contributed by atoms with van der Waals surface area (Å²) >= 11 is 0. The van der Waals surface area contributed by atoms with Crippen LogP contribution in [-0.4, -0.2) is 15.2 Å². The monoisotopic (exact) mass is 935 g/mol. The van der Waals surface area contributed by atoms with Gasteiger partial charge in [0.05, 0.1) is 28.1 Å². The van der Waals surface area contributed by atoms with Crippen LogP contribution >= 0.6 is 0 Å². The van der Waals surface area contributed by atoms with Crippen LogP contribution in [0.15, 0.2) is 236 Å². The molecule has 0 fully saturated rings. The molecule has 0 saturated carbocycles. The van der Waals surface area contributed by atoms with E-state index in [-0.39, 0.29) is 11.5 Å². The van der Waals surface area contributed by atoms with Gasteiger partial charge in [-0.05, 0) is 147 Å². The summed E-state index contributed by atoms with van der Waals surface area (Å²) in [6, 6.07) is 77.2. The maximum absolute atomic E-state index is 2.66. The Kier molecular flexibility index (Phi) is 9.17. The van der Waals surface area contributed by atoms with Crippen molar-refractivity contribution in [3.05, 3.63) is 253 Å². The Labute approximate surface area is 426 Å². The highest BCUT2D eigenvalue weighted by atomic mass is 15.2. The van der Waals surface area contributed by atoms with Crippen molar-refractivity contribution in [2.45, 2.75) is 45.1 Å². The second-order valence-electron chi connectivity index (χ2n) is 21.3. The third kappa shape index (κ3) is 6.31. The largest absolute Gasteiger partial charge is 0.333 e. The lowest BCUT2D eigenvalue weighted by molar-refractivity contribution is 0.597. The van der Waals surface area contributed by atoms with Gasteiger partial charge in [0.1, 0.15) is 0 Å². The first kappa shape index (κ1) is 42.1. The van der Waals surface area contributed by atoms with Crippen LogP contribution in [-0.2, 0) is 5.41 Å². The van der Waals surface area contributed by atoms with Crippen LogP contribution in [0.25, 0.3) is 99.5 Å². The first-order valence-electron chi connectivity index (χ1n) is 26.1. The summed E-state index contributed by atoms with van der Waals surface area (Å²) in [5.41, 5.74) is 25.3. The Morgan fingerprint density at radius 1 is 0.466 bits per heavy atom. The molecule has 0 saturated heterocycles. The van der Waals surface area contributed by atoms with Crippen LogP contribution < -0.4 is 4.90 Å². The van der Waals surface area contributed by atoms with Gasteiger partial charge in [0.15, 0.2) is 0 Å². The van der Waals surface area contributed by atoms with Gasteiger partial charge in [0.25, 0.3) is 0 Å². The fourth-order valence-corrected chi connectivity index (χ4v) is 13.2. The summed E-state index contributed by atoms with van der Waals surface area (Å²) in [6.07, 6.45) is 11.7. The molecule has 11 aromatic rings. The van der Waals surface area contributed by atoms with E-state index in [2.05, 4.69) is 265 Å². The van der Waals surface area contributed by atoms with E-state index in [4.69, 9.17) is 0 Å². The Hall–Kier alpha value is -8.66. The molecule has 3 nitrogen and oxygen atoms in total. The predicted octanol–water partition coefficient (Wildman–Crippen LogP) is 18.4. The zero-order valence-corrected chi connectivity index (χ0v) is 41.3. The molecular weight excluding hydrogens is 883 g/mol. The van der Waals surface area contributed by atoms with E-state index in [9.17, 15) is 0 Å². The number of aromatic nitrogens is 2. The second-order valence-corrected chi connectivity index (χ2v) is 21.3. The Morgan fingerprint density at radius 3 is 1.63 bits per heavy atom. The number of hydrogen-bond donors (Lipinski definition) is 0. The summed E-state index contributed by atoms with van der Waals surface area (Å²) in [7, 11) is 0. The average molecular weight is 936 g/mol. The minimum absolute atomic E-state index is 0.164. The van der Waals surface area contributed by atoms with Crippen molar-refractivity contribution in [1.29, 1.82) is 0 Å². The van der Waals surface area contributed by atoms with Crippen molar-refractivity contribution >= 4 is 71.8 Å². The van der Waals surface area contributed by atoms with E-state index < -0.39 is 0 Å². The highest BCUT2D eigenvalue weighted by molar-refractivity contribution is 6.16. The van der Waals surface area contributed by atoms with Gasteiger partial charge in [-0.15, -0.1) is 0 Å². The van der Waals surface area contributed by atoms with Gasteiger partial charge in [-0.2, -0.15) is 0 Å². The molecule has 4 aliphatic rings. The van der Waals surface area contributed by atoms with Crippen LogP contribution in [0.3, 0.4) is 0 Å². The molecule has 15 rings (SSSR count). The molecule has 0 radical (unpaired) electrons. The van der Waals surface area contributed by atoms with E-state index in [0.717, 1.165) is 12.8 Å². The topological polar surface area (TPSA) is 13.1 Å². The molecule has 0 bridgehead atoms. The summed E-state index contributed by atoms with van der Waals surface area (Å²) in [5, 5.41) is 5.10. The van der Waals surface area contributed by atoms with Crippen LogP contribution in [0.1, 0.15) is 50.3 Å². The minimum Gasteiger partial charge on any atom is -0.333 e. The summed E-state index contributed by atoms with van der Waals surface area (Å²) < 4.78 is 5.21. The summed E-state index contributed by atoms with van der Waals surface area (Å²) in [4.78, 5) is 2.64. The normalized spacial score (nSPS) is 17.5. The number of benzene rings is 9. The average Bonchev–Trinajstić information content (AvgIpc) is 4.10. The molecule has 9 aromatic carbocycles. The molecule has 4 heterocycles. The van der Waals surface area contributed by atoms with Crippen molar-refractivity contribution in [1.82, 2.24) is 9.13 Å². The molecule has 73 heavy (non-hydrogen) atoms. The van der Waals surface area contributed by atoms with Gasteiger partial charge in [-0.25, -0.2) is 0 Å². The number of rotatable bonds is 6. The van der Waals surface area contributed by atoms with Crippen LogP contribution in [0.5, 0.6) is 0 Å². The number of fused-ring (bicyclic) bond motifs is 10. The predicted molar refractivity (Wildman–Crippen MR) is 309 cm³/mol. The van der Waals surface area contributed by atoms with Gasteiger partial charge in [-0.3, -0.25) is 0 Å². The molecule has 2 aromatic heterocycles. The number of anilines is 2. The quantitative estimate of drug-likeness (QED) is 0.162. The third-order valence-corrected chi connectivity index (χ3v) is 16.8. The standard InChI is InChI=1S/C70H53N3/c1-44-17-16-26-61-68(44)73-67-36-31-53(71-63-32-27-49(45-18-8-4-9-19-45)37-55(63)56-38-50(28-33-64(56)71)46-20-10-5-11-21-46)41-59(67)60-42-54(43-62(69(60)73)70(61,2)3)72-65-34-29-51(47-22-12-6-13-23-47)39-57(65)58-40-52(30-35-66(58)72)48-24-14-7-15-25-48/h4-16,18-32,34-44,64H,17,33H2,1-3H3. The van der Waals surface area contributed by atoms with Crippen molar-refractivity contribution in [2.24, 2.45) is 5.92 Å². The Balaban J connectivity index is 0.973. The molecule has 0 spiro atoms. The molecule has 0 N–H and O–H groups in total. The molecule has 3 heteroatoms. The molecule has 2 aliphatic carbocycles. The van der Waals surface area contributed by atoms with E-state index in [1.165, 1.54) is 133 Å². The number of allylic oxidation sites excluding steroid dienone is 6. The summed E-state index contributed by atoms with van der Waals surface area (Å²) in [6.45, 7) is 7.34. The van der Waals surface area contributed by atoms with Crippen LogP contribution in [0.2, 0.25) is 0 Å². The first-order valence-corrected chi connectivity index (χ1v) is 26.1. The molecule has 2 unspecified atom stereocenters. The van der Waals surface area contributed by atoms with Gasteiger partial charge >= 0.3 is 0 Å². The van der Waals surface area contributed by atoms with Crippen LogP contribution in [0, 0.1) is 5.92 Å². The Bertz CT molecular complexity index is 4120. The van der Waals surface area contributed by atoms with Gasteiger partial charge in [-0.1, -0.05) is 179 Å². The second kappa shape index (κ2) is 15.9. The lowest BCUT2D eigenvalue weighted by Crippen LogP contribution is -2.30. The summed E-state index contributed by atoms with van der Waals surface area (Å²) in [5.74, 6) is 0.380. The van der Waals surface area contributed by atoms with E-state index >= 15 is 0 Å². The van der Waals surface area contributed by atoms with Crippen molar-refractivity contribution in [3.8, 4) is 39.1 Å². The molecule has 2 aliphatic heterocycles. The maximum Gasteiger partial charge on any atom is 0.0633 e. The third-order valence-electron chi connectivity index (χ3n) is 16.8.